The van der Waals surface area contributed by atoms with E-state index in [-0.39, 0.29) is 0 Å². The van der Waals surface area contributed by atoms with Crippen LogP contribution in [-0.4, -0.2) is 24.6 Å². The highest BCUT2D eigenvalue weighted by Crippen LogP contribution is 2.28. The summed E-state index contributed by atoms with van der Waals surface area (Å²) in [5.41, 5.74) is 1.24. The van der Waals surface area contributed by atoms with Gasteiger partial charge in [-0.2, -0.15) is 0 Å². The highest BCUT2D eigenvalue weighted by atomic mass is 32.1. The Hall–Kier alpha value is -1.39. The number of anilines is 1. The Labute approximate surface area is 111 Å². The van der Waals surface area contributed by atoms with Crippen LogP contribution in [0.15, 0.2) is 36.5 Å². The first kappa shape index (κ1) is 11.7. The number of nitrogens with one attached hydrogen (secondary N) is 2. The van der Waals surface area contributed by atoms with Crippen LogP contribution >= 0.6 is 11.3 Å². The Morgan fingerprint density at radius 2 is 2.22 bits per heavy atom. The average molecular weight is 259 g/mol. The lowest BCUT2D eigenvalue weighted by molar-refractivity contribution is 0.615. The van der Waals surface area contributed by atoms with Crippen LogP contribution in [0.3, 0.4) is 0 Å². The summed E-state index contributed by atoms with van der Waals surface area (Å²) in [5.74, 6) is 0.745. The van der Waals surface area contributed by atoms with Crippen molar-refractivity contribution in [3.63, 3.8) is 0 Å². The van der Waals surface area contributed by atoms with E-state index in [0.29, 0.717) is 0 Å². The van der Waals surface area contributed by atoms with Crippen molar-refractivity contribution in [3.8, 4) is 10.4 Å². The van der Waals surface area contributed by atoms with Gasteiger partial charge in [0, 0.05) is 12.7 Å². The number of benzene rings is 1. The normalized spacial score (nSPS) is 19.0. The summed E-state index contributed by atoms with van der Waals surface area (Å²) in [6.45, 7) is 3.30. The van der Waals surface area contributed by atoms with Crippen molar-refractivity contribution in [1.29, 1.82) is 0 Å². The Morgan fingerprint density at radius 3 is 3.00 bits per heavy atom. The Morgan fingerprint density at radius 1 is 1.33 bits per heavy atom. The maximum atomic E-state index is 4.44. The van der Waals surface area contributed by atoms with Gasteiger partial charge in [0.2, 0.25) is 0 Å². The van der Waals surface area contributed by atoms with Gasteiger partial charge in [-0.25, -0.2) is 4.98 Å². The van der Waals surface area contributed by atoms with E-state index in [9.17, 15) is 0 Å². The number of aromatic nitrogens is 1. The third-order valence-electron chi connectivity index (χ3n) is 3.27. The third-order valence-corrected chi connectivity index (χ3v) is 4.27. The first-order valence-corrected chi connectivity index (χ1v) is 7.19. The molecule has 2 N–H and O–H groups in total. The molecule has 2 heterocycles. The van der Waals surface area contributed by atoms with E-state index in [1.54, 1.807) is 11.3 Å². The highest BCUT2D eigenvalue weighted by Gasteiger charge is 2.14. The molecule has 1 aliphatic heterocycles. The fourth-order valence-corrected chi connectivity index (χ4v) is 3.04. The molecule has 0 saturated carbocycles. The van der Waals surface area contributed by atoms with E-state index in [2.05, 4.69) is 39.9 Å². The van der Waals surface area contributed by atoms with E-state index in [1.807, 2.05) is 12.3 Å². The van der Waals surface area contributed by atoms with Gasteiger partial charge in [0.05, 0.1) is 4.88 Å². The minimum Gasteiger partial charge on any atom is -0.361 e. The first-order valence-electron chi connectivity index (χ1n) is 6.37. The molecular formula is C14H17N3S. The molecule has 1 saturated heterocycles. The second-order valence-electron chi connectivity index (χ2n) is 4.64. The predicted octanol–water partition coefficient (Wildman–Crippen LogP) is 2.83. The van der Waals surface area contributed by atoms with Crippen LogP contribution in [0, 0.1) is 5.92 Å². The van der Waals surface area contributed by atoms with Gasteiger partial charge in [-0.05, 0) is 31.0 Å². The topological polar surface area (TPSA) is 37.0 Å². The molecule has 18 heavy (non-hydrogen) atoms. The molecule has 1 fully saturated rings. The number of nitrogens with zero attached hydrogens (tertiary/aromatic N) is 1. The van der Waals surface area contributed by atoms with Crippen LogP contribution in [-0.2, 0) is 0 Å². The van der Waals surface area contributed by atoms with Crippen LogP contribution in [0.1, 0.15) is 6.42 Å². The first-order chi connectivity index (χ1) is 8.92. The maximum Gasteiger partial charge on any atom is 0.183 e. The van der Waals surface area contributed by atoms with E-state index in [4.69, 9.17) is 0 Å². The SMILES string of the molecule is c1ccc(-c2cnc(NC[C@@H]3CCNC3)s2)cc1. The second kappa shape index (κ2) is 5.50. The van der Waals surface area contributed by atoms with E-state index in [1.165, 1.54) is 16.9 Å². The lowest BCUT2D eigenvalue weighted by Crippen LogP contribution is -2.16. The summed E-state index contributed by atoms with van der Waals surface area (Å²) in [6, 6.07) is 10.4. The number of thiazole rings is 1. The average Bonchev–Trinajstić information content (AvgIpc) is 3.09. The zero-order chi connectivity index (χ0) is 12.2. The quantitative estimate of drug-likeness (QED) is 0.886. The molecule has 94 valence electrons. The van der Waals surface area contributed by atoms with Gasteiger partial charge in [-0.1, -0.05) is 41.7 Å². The Balaban J connectivity index is 1.63. The minimum atomic E-state index is 0.745. The van der Waals surface area contributed by atoms with Gasteiger partial charge in [-0.3, -0.25) is 0 Å². The predicted molar refractivity (Wildman–Crippen MR) is 77.0 cm³/mol. The Kier molecular flexibility index (Phi) is 3.57. The molecule has 1 aromatic heterocycles. The summed E-state index contributed by atoms with van der Waals surface area (Å²) >= 11 is 1.73. The standard InChI is InChI=1S/C14H17N3S/c1-2-4-12(5-3-1)13-10-17-14(18-13)16-9-11-6-7-15-8-11/h1-5,10-11,15H,6-9H2,(H,16,17)/t11-/m1/s1. The van der Waals surface area contributed by atoms with Crippen LogP contribution < -0.4 is 10.6 Å². The molecule has 4 heteroatoms. The zero-order valence-electron chi connectivity index (χ0n) is 10.2. The molecule has 2 aromatic rings. The van der Waals surface area contributed by atoms with Crippen molar-refractivity contribution < 1.29 is 0 Å². The maximum absolute atomic E-state index is 4.44. The minimum absolute atomic E-state index is 0.745. The molecular weight excluding hydrogens is 242 g/mol. The van der Waals surface area contributed by atoms with Crippen molar-refractivity contribution in [3.05, 3.63) is 36.5 Å². The molecule has 0 radical (unpaired) electrons. The summed E-state index contributed by atoms with van der Waals surface area (Å²) in [4.78, 5) is 5.67. The molecule has 1 atom stereocenters. The fourth-order valence-electron chi connectivity index (χ4n) is 2.21. The molecule has 0 spiro atoms. The smallest absolute Gasteiger partial charge is 0.183 e. The zero-order valence-corrected chi connectivity index (χ0v) is 11.0. The molecule has 0 unspecified atom stereocenters. The second-order valence-corrected chi connectivity index (χ2v) is 5.67. The van der Waals surface area contributed by atoms with Crippen LogP contribution in [0.5, 0.6) is 0 Å². The van der Waals surface area contributed by atoms with Crippen LogP contribution in [0.4, 0.5) is 5.13 Å². The van der Waals surface area contributed by atoms with Crippen molar-refractivity contribution >= 4 is 16.5 Å². The van der Waals surface area contributed by atoms with E-state index in [0.717, 1.165) is 30.7 Å². The molecule has 3 rings (SSSR count). The van der Waals surface area contributed by atoms with Gasteiger partial charge in [0.25, 0.3) is 0 Å². The van der Waals surface area contributed by atoms with Crippen LogP contribution in [0.25, 0.3) is 10.4 Å². The number of rotatable bonds is 4. The van der Waals surface area contributed by atoms with E-state index >= 15 is 0 Å². The number of hydrogen-bond acceptors (Lipinski definition) is 4. The summed E-state index contributed by atoms with van der Waals surface area (Å²) in [5, 5.41) is 7.86. The monoisotopic (exact) mass is 259 g/mol. The van der Waals surface area contributed by atoms with Crippen molar-refractivity contribution in [2.75, 3.05) is 25.0 Å². The molecule has 1 aromatic carbocycles. The fraction of sp³-hybridized carbons (Fsp3) is 0.357. The van der Waals surface area contributed by atoms with Crippen LogP contribution in [0.2, 0.25) is 0 Å². The lowest BCUT2D eigenvalue weighted by atomic mass is 10.1. The molecule has 0 amide bonds. The van der Waals surface area contributed by atoms with Gasteiger partial charge in [0.1, 0.15) is 0 Å². The molecule has 0 bridgehead atoms. The molecule has 1 aliphatic rings. The third kappa shape index (κ3) is 2.71. The van der Waals surface area contributed by atoms with E-state index < -0.39 is 0 Å². The lowest BCUT2D eigenvalue weighted by Gasteiger charge is -2.07. The number of hydrogen-bond donors (Lipinski definition) is 2. The summed E-state index contributed by atoms with van der Waals surface area (Å²) in [6.07, 6.45) is 3.22. The summed E-state index contributed by atoms with van der Waals surface area (Å²) < 4.78 is 0. The molecule has 0 aliphatic carbocycles. The van der Waals surface area contributed by atoms with Gasteiger partial charge in [-0.15, -0.1) is 0 Å². The highest BCUT2D eigenvalue weighted by molar-refractivity contribution is 7.18. The van der Waals surface area contributed by atoms with Crippen molar-refractivity contribution in [2.24, 2.45) is 5.92 Å². The molecule has 3 nitrogen and oxygen atoms in total. The van der Waals surface area contributed by atoms with Crippen molar-refractivity contribution in [2.45, 2.75) is 6.42 Å². The Bertz CT molecular complexity index is 489. The van der Waals surface area contributed by atoms with Gasteiger partial charge in [0.15, 0.2) is 5.13 Å². The van der Waals surface area contributed by atoms with Crippen molar-refractivity contribution in [1.82, 2.24) is 10.3 Å². The largest absolute Gasteiger partial charge is 0.361 e. The van der Waals surface area contributed by atoms with Gasteiger partial charge < -0.3 is 10.6 Å². The van der Waals surface area contributed by atoms with Gasteiger partial charge >= 0.3 is 0 Å². The summed E-state index contributed by atoms with van der Waals surface area (Å²) in [7, 11) is 0.